The number of nitrogen functional groups attached to an aromatic ring is 1. The van der Waals surface area contributed by atoms with E-state index in [1.54, 1.807) is 4.68 Å². The van der Waals surface area contributed by atoms with Gasteiger partial charge in [0.2, 0.25) is 0 Å². The van der Waals surface area contributed by atoms with E-state index < -0.39 is 0 Å². The van der Waals surface area contributed by atoms with Crippen LogP contribution in [0.2, 0.25) is 0 Å². The van der Waals surface area contributed by atoms with Crippen LogP contribution in [0, 0.1) is 6.92 Å². The van der Waals surface area contributed by atoms with Gasteiger partial charge >= 0.3 is 0 Å². The zero-order valence-electron chi connectivity index (χ0n) is 11.1. The Morgan fingerprint density at radius 2 is 1.95 bits per heavy atom. The molecule has 0 aliphatic rings. The average Bonchev–Trinajstić information content (AvgIpc) is 2.65. The summed E-state index contributed by atoms with van der Waals surface area (Å²) in [4.78, 5) is 0. The van der Waals surface area contributed by atoms with Crippen LogP contribution in [0.3, 0.4) is 0 Å². The molecule has 100 valence electrons. The van der Waals surface area contributed by atoms with Crippen molar-refractivity contribution in [3.63, 3.8) is 0 Å². The van der Waals surface area contributed by atoms with Crippen molar-refractivity contribution >= 4 is 33.1 Å². The van der Waals surface area contributed by atoms with Crippen molar-refractivity contribution in [3.8, 4) is 0 Å². The largest absolute Gasteiger partial charge is 0.382 e. The van der Waals surface area contributed by atoms with Gasteiger partial charge in [-0.25, -0.2) is 4.68 Å². The molecule has 2 aromatic rings. The van der Waals surface area contributed by atoms with Crippen LogP contribution in [0.25, 0.3) is 0 Å². The minimum atomic E-state index is 0.200. The Hall–Kier alpha value is -1.69. The Balaban J connectivity index is 2.37. The highest BCUT2D eigenvalue weighted by atomic mass is 79.9. The lowest BCUT2D eigenvalue weighted by molar-refractivity contribution is 0.537. The number of halogens is 1. The predicted molar refractivity (Wildman–Crippen MR) is 80.1 cm³/mol. The summed E-state index contributed by atoms with van der Waals surface area (Å²) in [5.41, 5.74) is 8.21. The quantitative estimate of drug-likeness (QED) is 0.843. The van der Waals surface area contributed by atoms with E-state index >= 15 is 0 Å². The van der Waals surface area contributed by atoms with Gasteiger partial charge in [0.15, 0.2) is 5.69 Å². The van der Waals surface area contributed by atoms with Crippen LogP contribution in [0.1, 0.15) is 25.6 Å². The first-order valence-corrected chi connectivity index (χ1v) is 6.81. The van der Waals surface area contributed by atoms with E-state index in [0.717, 1.165) is 15.9 Å². The number of hydrogen-bond donors (Lipinski definition) is 1. The summed E-state index contributed by atoms with van der Waals surface area (Å²) in [6.07, 6.45) is 0. The zero-order chi connectivity index (χ0) is 14.0. The van der Waals surface area contributed by atoms with Crippen LogP contribution < -0.4 is 5.73 Å². The van der Waals surface area contributed by atoms with Gasteiger partial charge in [-0.15, -0.1) is 10.2 Å². The van der Waals surface area contributed by atoms with E-state index in [9.17, 15) is 0 Å². The molecule has 0 radical (unpaired) electrons. The van der Waals surface area contributed by atoms with Crippen molar-refractivity contribution in [2.45, 2.75) is 26.8 Å². The van der Waals surface area contributed by atoms with Gasteiger partial charge in [0.05, 0.1) is 11.4 Å². The maximum Gasteiger partial charge on any atom is 0.150 e. The SMILES string of the molecule is Cc1nn(C(C)C)c(N)c1N=Nc1ccccc1Br. The molecular formula is C13H16BrN5. The van der Waals surface area contributed by atoms with Crippen molar-refractivity contribution in [3.05, 3.63) is 34.4 Å². The van der Waals surface area contributed by atoms with E-state index in [1.165, 1.54) is 0 Å². The first-order valence-electron chi connectivity index (χ1n) is 6.01. The van der Waals surface area contributed by atoms with Crippen LogP contribution in [0.4, 0.5) is 17.2 Å². The Morgan fingerprint density at radius 1 is 1.26 bits per heavy atom. The number of aryl methyl sites for hydroxylation is 1. The van der Waals surface area contributed by atoms with Crippen LogP contribution in [-0.2, 0) is 0 Å². The molecule has 0 atom stereocenters. The van der Waals surface area contributed by atoms with Crippen LogP contribution in [0.15, 0.2) is 39.0 Å². The van der Waals surface area contributed by atoms with Crippen molar-refractivity contribution < 1.29 is 0 Å². The fraction of sp³-hybridized carbons (Fsp3) is 0.308. The van der Waals surface area contributed by atoms with Crippen molar-refractivity contribution in [1.29, 1.82) is 0 Å². The third kappa shape index (κ3) is 2.84. The molecule has 0 bridgehead atoms. The summed E-state index contributed by atoms with van der Waals surface area (Å²) in [7, 11) is 0. The number of anilines is 1. The molecule has 0 saturated carbocycles. The first-order chi connectivity index (χ1) is 9.00. The zero-order valence-corrected chi connectivity index (χ0v) is 12.7. The Bertz CT molecular complexity index is 615. The summed E-state index contributed by atoms with van der Waals surface area (Å²) in [5.74, 6) is 0.545. The summed E-state index contributed by atoms with van der Waals surface area (Å²) in [6.45, 7) is 5.93. The summed E-state index contributed by atoms with van der Waals surface area (Å²) >= 11 is 3.43. The monoisotopic (exact) mass is 321 g/mol. The molecule has 1 aromatic heterocycles. The molecule has 0 aliphatic carbocycles. The maximum atomic E-state index is 6.04. The molecule has 1 heterocycles. The average molecular weight is 322 g/mol. The molecule has 0 unspecified atom stereocenters. The standard InChI is InChI=1S/C13H16BrN5/c1-8(2)19-13(15)12(9(3)18-19)17-16-11-7-5-4-6-10(11)14/h4-8H,15H2,1-3H3. The second-order valence-corrected chi connectivity index (χ2v) is 5.36. The van der Waals surface area contributed by atoms with Gasteiger partial charge in [0, 0.05) is 10.5 Å². The highest BCUT2D eigenvalue weighted by Crippen LogP contribution is 2.32. The molecule has 0 aliphatic heterocycles. The van der Waals surface area contributed by atoms with Crippen LogP contribution in [0.5, 0.6) is 0 Å². The number of azo groups is 1. The summed E-state index contributed by atoms with van der Waals surface area (Å²) in [6, 6.07) is 7.84. The fourth-order valence-electron chi connectivity index (χ4n) is 1.71. The number of aromatic nitrogens is 2. The minimum Gasteiger partial charge on any atom is -0.382 e. The van der Waals surface area contributed by atoms with Crippen molar-refractivity contribution in [2.75, 3.05) is 5.73 Å². The van der Waals surface area contributed by atoms with E-state index in [1.807, 2.05) is 45.0 Å². The second kappa shape index (κ2) is 5.52. The number of nitrogens with zero attached hydrogens (tertiary/aromatic N) is 4. The molecule has 6 heteroatoms. The Kier molecular flexibility index (Phi) is 3.99. The summed E-state index contributed by atoms with van der Waals surface area (Å²) in [5, 5.41) is 12.8. The molecule has 1 aromatic carbocycles. The lowest BCUT2D eigenvalue weighted by atomic mass is 10.3. The van der Waals surface area contributed by atoms with Gasteiger partial charge in [-0.3, -0.25) is 0 Å². The van der Waals surface area contributed by atoms with Gasteiger partial charge in [0.25, 0.3) is 0 Å². The number of hydrogen-bond acceptors (Lipinski definition) is 4. The number of benzene rings is 1. The van der Waals surface area contributed by atoms with Gasteiger partial charge in [-0.1, -0.05) is 12.1 Å². The lowest BCUT2D eigenvalue weighted by Gasteiger charge is -2.06. The van der Waals surface area contributed by atoms with E-state index in [2.05, 4.69) is 31.3 Å². The van der Waals surface area contributed by atoms with E-state index in [-0.39, 0.29) is 6.04 Å². The molecular weight excluding hydrogens is 306 g/mol. The fourth-order valence-corrected chi connectivity index (χ4v) is 2.07. The van der Waals surface area contributed by atoms with E-state index in [4.69, 9.17) is 5.73 Å². The highest BCUT2D eigenvalue weighted by molar-refractivity contribution is 9.10. The number of rotatable bonds is 3. The van der Waals surface area contributed by atoms with Crippen LogP contribution in [-0.4, -0.2) is 9.78 Å². The van der Waals surface area contributed by atoms with Gasteiger partial charge in [0.1, 0.15) is 5.82 Å². The predicted octanol–water partition coefficient (Wildman–Crippen LogP) is 4.53. The second-order valence-electron chi connectivity index (χ2n) is 4.51. The van der Waals surface area contributed by atoms with Crippen LogP contribution >= 0.6 is 15.9 Å². The molecule has 0 fully saturated rings. The third-order valence-electron chi connectivity index (χ3n) is 2.69. The molecule has 5 nitrogen and oxygen atoms in total. The smallest absolute Gasteiger partial charge is 0.150 e. The molecule has 0 spiro atoms. The van der Waals surface area contributed by atoms with Crippen molar-refractivity contribution in [1.82, 2.24) is 9.78 Å². The summed E-state index contributed by atoms with van der Waals surface area (Å²) < 4.78 is 2.65. The van der Waals surface area contributed by atoms with E-state index in [0.29, 0.717) is 11.5 Å². The van der Waals surface area contributed by atoms with Crippen molar-refractivity contribution in [2.24, 2.45) is 10.2 Å². The Labute approximate surface area is 120 Å². The maximum absolute atomic E-state index is 6.04. The molecule has 19 heavy (non-hydrogen) atoms. The Morgan fingerprint density at radius 3 is 2.53 bits per heavy atom. The molecule has 0 amide bonds. The normalized spacial score (nSPS) is 11.6. The topological polar surface area (TPSA) is 68.6 Å². The lowest BCUT2D eigenvalue weighted by Crippen LogP contribution is -2.06. The molecule has 2 rings (SSSR count). The highest BCUT2D eigenvalue weighted by Gasteiger charge is 2.14. The van der Waals surface area contributed by atoms with Gasteiger partial charge < -0.3 is 5.73 Å². The third-order valence-corrected chi connectivity index (χ3v) is 3.36. The van der Waals surface area contributed by atoms with Gasteiger partial charge in [-0.2, -0.15) is 5.10 Å². The van der Waals surface area contributed by atoms with Gasteiger partial charge in [-0.05, 0) is 48.8 Å². The first kappa shape index (κ1) is 13.7. The minimum absolute atomic E-state index is 0.200. The number of nitrogens with two attached hydrogens (primary N) is 1. The molecule has 2 N–H and O–H groups in total. The molecule has 0 saturated heterocycles.